The molecule has 0 fully saturated rings. The summed E-state index contributed by atoms with van der Waals surface area (Å²) in [6, 6.07) is 12.7. The van der Waals surface area contributed by atoms with Gasteiger partial charge in [0.1, 0.15) is 5.82 Å². The zero-order chi connectivity index (χ0) is 12.3. The van der Waals surface area contributed by atoms with Crippen LogP contribution in [0.25, 0.3) is 0 Å². The molecule has 0 saturated carbocycles. The van der Waals surface area contributed by atoms with Gasteiger partial charge in [0.05, 0.1) is 0 Å². The third-order valence-corrected chi connectivity index (χ3v) is 3.92. The molecule has 2 aromatic rings. The van der Waals surface area contributed by atoms with Gasteiger partial charge >= 0.3 is 0 Å². The number of anilines is 1. The van der Waals surface area contributed by atoms with Crippen LogP contribution >= 0.6 is 27.7 Å². The molecule has 4 heteroatoms. The zero-order valence-corrected chi connectivity index (χ0v) is 11.4. The summed E-state index contributed by atoms with van der Waals surface area (Å²) >= 11 is 4.95. The number of hydrogen-bond donors (Lipinski definition) is 1. The van der Waals surface area contributed by atoms with Gasteiger partial charge in [-0.25, -0.2) is 4.39 Å². The van der Waals surface area contributed by atoms with E-state index in [1.807, 2.05) is 24.3 Å². The molecule has 1 nitrogen and oxygen atoms in total. The molecule has 0 aliphatic rings. The maximum absolute atomic E-state index is 13.5. The van der Waals surface area contributed by atoms with Gasteiger partial charge in [0.2, 0.25) is 0 Å². The molecule has 0 unspecified atom stereocenters. The van der Waals surface area contributed by atoms with E-state index in [0.717, 1.165) is 9.37 Å². The first kappa shape index (κ1) is 12.5. The van der Waals surface area contributed by atoms with Crippen LogP contribution in [-0.4, -0.2) is 0 Å². The maximum Gasteiger partial charge on any atom is 0.129 e. The highest BCUT2D eigenvalue weighted by Crippen LogP contribution is 2.28. The second-order valence-electron chi connectivity index (χ2n) is 3.55. The molecule has 0 amide bonds. The Morgan fingerprint density at radius 1 is 1.12 bits per heavy atom. The Kier molecular flexibility index (Phi) is 4.07. The van der Waals surface area contributed by atoms with Gasteiger partial charge in [-0.05, 0) is 36.4 Å². The van der Waals surface area contributed by atoms with Crippen molar-refractivity contribution in [3.05, 3.63) is 58.3 Å². The van der Waals surface area contributed by atoms with Crippen LogP contribution in [-0.2, 0) is 5.75 Å². The predicted octanol–water partition coefficient (Wildman–Crippen LogP) is 4.46. The summed E-state index contributed by atoms with van der Waals surface area (Å²) in [5.41, 5.74) is 6.83. The van der Waals surface area contributed by atoms with Crippen molar-refractivity contribution >= 4 is 33.4 Å². The van der Waals surface area contributed by atoms with Crippen LogP contribution in [0.2, 0.25) is 0 Å². The SMILES string of the molecule is Nc1cccc(F)c1CSc1ccc(Br)cc1. The Morgan fingerprint density at radius 3 is 2.47 bits per heavy atom. The molecule has 0 bridgehead atoms. The lowest BCUT2D eigenvalue weighted by Gasteiger charge is -2.06. The molecule has 0 aliphatic carbocycles. The fourth-order valence-electron chi connectivity index (χ4n) is 1.41. The Bertz CT molecular complexity index is 493. The number of thioether (sulfide) groups is 1. The van der Waals surface area contributed by atoms with E-state index in [2.05, 4.69) is 15.9 Å². The largest absolute Gasteiger partial charge is 0.398 e. The topological polar surface area (TPSA) is 26.0 Å². The second kappa shape index (κ2) is 5.56. The lowest BCUT2D eigenvalue weighted by Crippen LogP contribution is -1.95. The quantitative estimate of drug-likeness (QED) is 0.669. The van der Waals surface area contributed by atoms with Gasteiger partial charge in [0.25, 0.3) is 0 Å². The molecular weight excluding hydrogens is 301 g/mol. The van der Waals surface area contributed by atoms with E-state index in [9.17, 15) is 4.39 Å². The average molecular weight is 312 g/mol. The van der Waals surface area contributed by atoms with Crippen molar-refractivity contribution in [2.45, 2.75) is 10.6 Å². The molecule has 0 saturated heterocycles. The first-order valence-corrected chi connectivity index (χ1v) is 6.86. The monoisotopic (exact) mass is 311 g/mol. The van der Waals surface area contributed by atoms with Gasteiger partial charge in [0.15, 0.2) is 0 Å². The lowest BCUT2D eigenvalue weighted by molar-refractivity contribution is 0.618. The van der Waals surface area contributed by atoms with Crippen molar-refractivity contribution in [3.8, 4) is 0 Å². The third kappa shape index (κ3) is 3.23. The zero-order valence-electron chi connectivity index (χ0n) is 8.99. The molecular formula is C13H11BrFNS. The van der Waals surface area contributed by atoms with Gasteiger partial charge in [-0.3, -0.25) is 0 Å². The highest BCUT2D eigenvalue weighted by molar-refractivity contribution is 9.10. The Balaban J connectivity index is 2.10. The fourth-order valence-corrected chi connectivity index (χ4v) is 2.62. The van der Waals surface area contributed by atoms with E-state index in [4.69, 9.17) is 5.73 Å². The summed E-state index contributed by atoms with van der Waals surface area (Å²) in [6.07, 6.45) is 0. The van der Waals surface area contributed by atoms with Crippen LogP contribution in [0.5, 0.6) is 0 Å². The van der Waals surface area contributed by atoms with Crippen LogP contribution < -0.4 is 5.73 Å². The molecule has 0 radical (unpaired) electrons. The number of benzene rings is 2. The van der Waals surface area contributed by atoms with E-state index in [-0.39, 0.29) is 5.82 Å². The molecule has 88 valence electrons. The Morgan fingerprint density at radius 2 is 1.82 bits per heavy atom. The van der Waals surface area contributed by atoms with Crippen molar-refractivity contribution in [3.63, 3.8) is 0 Å². The molecule has 0 spiro atoms. The minimum atomic E-state index is -0.241. The summed E-state index contributed by atoms with van der Waals surface area (Å²) < 4.78 is 14.6. The first-order valence-electron chi connectivity index (χ1n) is 5.08. The number of nitrogen functional groups attached to an aromatic ring is 1. The number of halogens is 2. The molecule has 17 heavy (non-hydrogen) atoms. The second-order valence-corrected chi connectivity index (χ2v) is 5.51. The summed E-state index contributed by atoms with van der Waals surface area (Å²) in [4.78, 5) is 1.09. The highest BCUT2D eigenvalue weighted by Gasteiger charge is 2.06. The molecule has 2 aromatic carbocycles. The minimum absolute atomic E-state index is 0.241. The standard InChI is InChI=1S/C13H11BrFNS/c14-9-4-6-10(7-5-9)17-8-11-12(15)2-1-3-13(11)16/h1-7H,8,16H2. The van der Waals surface area contributed by atoms with Gasteiger partial charge in [-0.2, -0.15) is 0 Å². The first-order chi connectivity index (χ1) is 8.16. The van der Waals surface area contributed by atoms with Crippen LogP contribution in [0.15, 0.2) is 51.8 Å². The molecule has 0 aromatic heterocycles. The van der Waals surface area contributed by atoms with Gasteiger partial charge in [-0.15, -0.1) is 11.8 Å². The maximum atomic E-state index is 13.5. The van der Waals surface area contributed by atoms with Gasteiger partial charge < -0.3 is 5.73 Å². The van der Waals surface area contributed by atoms with E-state index < -0.39 is 0 Å². The highest BCUT2D eigenvalue weighted by atomic mass is 79.9. The van der Waals surface area contributed by atoms with Crippen LogP contribution in [0.4, 0.5) is 10.1 Å². The van der Waals surface area contributed by atoms with Crippen molar-refractivity contribution in [1.29, 1.82) is 0 Å². The van der Waals surface area contributed by atoms with Crippen molar-refractivity contribution < 1.29 is 4.39 Å². The van der Waals surface area contributed by atoms with Crippen molar-refractivity contribution in [2.75, 3.05) is 5.73 Å². The average Bonchev–Trinajstić information content (AvgIpc) is 2.31. The third-order valence-electron chi connectivity index (χ3n) is 2.35. The van der Waals surface area contributed by atoms with Crippen molar-refractivity contribution in [2.24, 2.45) is 0 Å². The molecule has 0 heterocycles. The normalized spacial score (nSPS) is 10.5. The van der Waals surface area contributed by atoms with E-state index >= 15 is 0 Å². The number of rotatable bonds is 3. The lowest BCUT2D eigenvalue weighted by atomic mass is 10.2. The predicted molar refractivity (Wildman–Crippen MR) is 74.5 cm³/mol. The summed E-state index contributed by atoms with van der Waals surface area (Å²) in [7, 11) is 0. The summed E-state index contributed by atoms with van der Waals surface area (Å²) in [6.45, 7) is 0. The van der Waals surface area contributed by atoms with Crippen LogP contribution in [0.1, 0.15) is 5.56 Å². The van der Waals surface area contributed by atoms with E-state index in [1.54, 1.807) is 23.9 Å². The summed E-state index contributed by atoms with van der Waals surface area (Å²) in [5, 5.41) is 0. The summed E-state index contributed by atoms with van der Waals surface area (Å²) in [5.74, 6) is 0.301. The smallest absolute Gasteiger partial charge is 0.129 e. The number of hydrogen-bond acceptors (Lipinski definition) is 2. The van der Waals surface area contributed by atoms with Crippen LogP contribution in [0, 0.1) is 5.82 Å². The Hall–Kier alpha value is -1.00. The van der Waals surface area contributed by atoms with Gasteiger partial charge in [0, 0.05) is 26.4 Å². The van der Waals surface area contributed by atoms with E-state index in [0.29, 0.717) is 17.0 Å². The van der Waals surface area contributed by atoms with E-state index in [1.165, 1.54) is 6.07 Å². The minimum Gasteiger partial charge on any atom is -0.398 e. The fraction of sp³-hybridized carbons (Fsp3) is 0.0769. The van der Waals surface area contributed by atoms with Gasteiger partial charge in [-0.1, -0.05) is 22.0 Å². The number of nitrogens with two attached hydrogens (primary N) is 1. The molecule has 0 aliphatic heterocycles. The van der Waals surface area contributed by atoms with Crippen molar-refractivity contribution in [1.82, 2.24) is 0 Å². The molecule has 2 N–H and O–H groups in total. The van der Waals surface area contributed by atoms with Crippen LogP contribution in [0.3, 0.4) is 0 Å². The molecule has 0 atom stereocenters. The Labute approximate surface area is 112 Å². The molecule has 2 rings (SSSR count).